The first-order chi connectivity index (χ1) is 14.0. The van der Waals surface area contributed by atoms with Crippen molar-refractivity contribution in [2.45, 2.75) is 30.6 Å². The van der Waals surface area contributed by atoms with E-state index in [1.54, 1.807) is 12.1 Å². The molecular weight excluding hydrogens is 392 g/mol. The fourth-order valence-electron chi connectivity index (χ4n) is 3.85. The third-order valence-electron chi connectivity index (χ3n) is 5.47. The van der Waals surface area contributed by atoms with Crippen molar-refractivity contribution in [3.8, 4) is 11.5 Å². The van der Waals surface area contributed by atoms with Gasteiger partial charge in [-0.2, -0.15) is 0 Å². The number of anilines is 2. The molecule has 5 rings (SSSR count). The number of fused-ring (bicyclic) bond motifs is 2. The van der Waals surface area contributed by atoms with Gasteiger partial charge >= 0.3 is 0 Å². The van der Waals surface area contributed by atoms with Gasteiger partial charge in [-0.3, -0.25) is 9.52 Å². The van der Waals surface area contributed by atoms with Gasteiger partial charge in [0.05, 0.1) is 4.90 Å². The Morgan fingerprint density at radius 3 is 2.62 bits per heavy atom. The van der Waals surface area contributed by atoms with E-state index >= 15 is 0 Å². The van der Waals surface area contributed by atoms with E-state index in [4.69, 9.17) is 9.47 Å². The minimum absolute atomic E-state index is 0.116. The number of hydrogen-bond donors (Lipinski definition) is 1. The number of sulfonamides is 1. The number of rotatable bonds is 4. The van der Waals surface area contributed by atoms with Gasteiger partial charge in [0.1, 0.15) is 13.2 Å². The number of hydrogen-bond acceptors (Lipinski definition) is 5. The van der Waals surface area contributed by atoms with Gasteiger partial charge in [-0.1, -0.05) is 0 Å². The highest BCUT2D eigenvalue weighted by Gasteiger charge is 2.35. The van der Waals surface area contributed by atoms with Crippen LogP contribution in [0.2, 0.25) is 0 Å². The van der Waals surface area contributed by atoms with Crippen molar-refractivity contribution < 1.29 is 22.7 Å². The number of benzene rings is 2. The van der Waals surface area contributed by atoms with E-state index < -0.39 is 10.0 Å². The number of carbonyl (C=O) groups excluding carboxylic acids is 1. The Bertz CT molecular complexity index is 1080. The summed E-state index contributed by atoms with van der Waals surface area (Å²) in [5.74, 6) is 1.33. The standard InChI is InChI=1S/C21H22N2O5S/c24-21(14-3-4-14)23-9-1-2-15-12-16(5-7-18(15)23)22-29(25,26)17-6-8-19-20(13-17)28-11-10-27-19/h5-8,12-14,22H,1-4,9-11H2. The first-order valence-corrected chi connectivity index (χ1v) is 11.4. The molecule has 2 aliphatic heterocycles. The number of aryl methyl sites for hydroxylation is 1. The Hall–Kier alpha value is -2.74. The Labute approximate surface area is 169 Å². The van der Waals surface area contributed by atoms with Crippen LogP contribution in [-0.2, 0) is 21.2 Å². The lowest BCUT2D eigenvalue weighted by molar-refractivity contribution is -0.119. The van der Waals surface area contributed by atoms with Crippen molar-refractivity contribution in [3.63, 3.8) is 0 Å². The zero-order valence-electron chi connectivity index (χ0n) is 15.9. The fraction of sp³-hybridized carbons (Fsp3) is 0.381. The molecule has 0 spiro atoms. The summed E-state index contributed by atoms with van der Waals surface area (Å²) < 4.78 is 39.3. The van der Waals surface area contributed by atoms with Gasteiger partial charge in [-0.05, 0) is 61.6 Å². The normalized spacial score (nSPS) is 18.1. The Balaban J connectivity index is 1.39. The molecule has 3 aliphatic rings. The molecule has 1 N–H and O–H groups in total. The fourth-order valence-corrected chi connectivity index (χ4v) is 4.91. The molecule has 0 unspecified atom stereocenters. The Morgan fingerprint density at radius 2 is 1.83 bits per heavy atom. The van der Waals surface area contributed by atoms with E-state index in [1.807, 2.05) is 17.0 Å². The van der Waals surface area contributed by atoms with Crippen LogP contribution in [0.15, 0.2) is 41.3 Å². The summed E-state index contributed by atoms with van der Waals surface area (Å²) >= 11 is 0. The summed E-state index contributed by atoms with van der Waals surface area (Å²) in [6.07, 6.45) is 3.64. The van der Waals surface area contributed by atoms with E-state index in [-0.39, 0.29) is 16.7 Å². The van der Waals surface area contributed by atoms with Crippen LogP contribution in [0.5, 0.6) is 11.5 Å². The van der Waals surface area contributed by atoms with Crippen LogP contribution in [0, 0.1) is 5.92 Å². The highest BCUT2D eigenvalue weighted by atomic mass is 32.2. The van der Waals surface area contributed by atoms with Gasteiger partial charge in [-0.15, -0.1) is 0 Å². The summed E-state index contributed by atoms with van der Waals surface area (Å²) in [5, 5.41) is 0. The largest absolute Gasteiger partial charge is 0.486 e. The maximum Gasteiger partial charge on any atom is 0.262 e. The minimum Gasteiger partial charge on any atom is -0.486 e. The van der Waals surface area contributed by atoms with Crippen molar-refractivity contribution in [2.24, 2.45) is 5.92 Å². The van der Waals surface area contributed by atoms with E-state index in [0.717, 1.165) is 43.5 Å². The molecule has 1 aliphatic carbocycles. The summed E-state index contributed by atoms with van der Waals surface area (Å²) in [4.78, 5) is 14.5. The molecule has 1 fully saturated rings. The molecule has 7 nitrogen and oxygen atoms in total. The lowest BCUT2D eigenvalue weighted by Gasteiger charge is -2.30. The van der Waals surface area contributed by atoms with Crippen LogP contribution in [0.3, 0.4) is 0 Å². The summed E-state index contributed by atoms with van der Waals surface area (Å²) in [6, 6.07) is 9.98. The lowest BCUT2D eigenvalue weighted by Crippen LogP contribution is -2.36. The van der Waals surface area contributed by atoms with Gasteiger partial charge in [-0.25, -0.2) is 8.42 Å². The van der Waals surface area contributed by atoms with Crippen LogP contribution in [-0.4, -0.2) is 34.1 Å². The molecule has 0 atom stereocenters. The number of ether oxygens (including phenoxy) is 2. The average Bonchev–Trinajstić information content (AvgIpc) is 3.57. The van der Waals surface area contributed by atoms with Crippen LogP contribution in [0.1, 0.15) is 24.8 Å². The van der Waals surface area contributed by atoms with E-state index in [2.05, 4.69) is 4.72 Å². The zero-order chi connectivity index (χ0) is 20.0. The Kier molecular flexibility index (Phi) is 4.38. The molecule has 152 valence electrons. The molecule has 29 heavy (non-hydrogen) atoms. The topological polar surface area (TPSA) is 84.9 Å². The van der Waals surface area contributed by atoms with Crippen LogP contribution < -0.4 is 19.1 Å². The third kappa shape index (κ3) is 3.53. The smallest absolute Gasteiger partial charge is 0.262 e. The minimum atomic E-state index is -3.77. The predicted molar refractivity (Wildman–Crippen MR) is 108 cm³/mol. The van der Waals surface area contributed by atoms with Gasteiger partial charge in [0, 0.05) is 29.9 Å². The maximum atomic E-state index is 12.9. The second kappa shape index (κ2) is 6.95. The lowest BCUT2D eigenvalue weighted by atomic mass is 10.0. The summed E-state index contributed by atoms with van der Waals surface area (Å²) in [7, 11) is -3.77. The highest BCUT2D eigenvalue weighted by Crippen LogP contribution is 2.37. The molecule has 2 aromatic carbocycles. The monoisotopic (exact) mass is 414 g/mol. The van der Waals surface area contributed by atoms with E-state index in [0.29, 0.717) is 30.4 Å². The molecule has 2 aromatic rings. The van der Waals surface area contributed by atoms with Gasteiger partial charge in [0.2, 0.25) is 5.91 Å². The number of nitrogens with one attached hydrogen (secondary N) is 1. The van der Waals surface area contributed by atoms with Crippen molar-refractivity contribution in [2.75, 3.05) is 29.4 Å². The second-order valence-corrected chi connectivity index (χ2v) is 9.30. The number of nitrogens with zero attached hydrogens (tertiary/aromatic N) is 1. The number of amides is 1. The summed E-state index contributed by atoms with van der Waals surface area (Å²) in [5.41, 5.74) is 2.38. The first kappa shape index (κ1) is 18.3. The molecule has 0 saturated heterocycles. The van der Waals surface area contributed by atoms with Crippen molar-refractivity contribution in [3.05, 3.63) is 42.0 Å². The molecule has 1 amide bonds. The van der Waals surface area contributed by atoms with Gasteiger partial charge in [0.25, 0.3) is 10.0 Å². The second-order valence-electron chi connectivity index (χ2n) is 7.62. The van der Waals surface area contributed by atoms with Gasteiger partial charge < -0.3 is 14.4 Å². The zero-order valence-corrected chi connectivity index (χ0v) is 16.7. The Morgan fingerprint density at radius 1 is 1.03 bits per heavy atom. The van der Waals surface area contributed by atoms with Crippen LogP contribution in [0.25, 0.3) is 0 Å². The first-order valence-electron chi connectivity index (χ1n) is 9.88. The molecule has 8 heteroatoms. The molecular formula is C21H22N2O5S. The maximum absolute atomic E-state index is 12.9. The van der Waals surface area contributed by atoms with E-state index in [9.17, 15) is 13.2 Å². The van der Waals surface area contributed by atoms with Crippen LogP contribution in [0.4, 0.5) is 11.4 Å². The molecule has 1 saturated carbocycles. The van der Waals surface area contributed by atoms with Gasteiger partial charge in [0.15, 0.2) is 11.5 Å². The summed E-state index contributed by atoms with van der Waals surface area (Å²) in [6.45, 7) is 1.57. The van der Waals surface area contributed by atoms with Crippen molar-refractivity contribution in [1.82, 2.24) is 0 Å². The molecule has 0 aromatic heterocycles. The highest BCUT2D eigenvalue weighted by molar-refractivity contribution is 7.92. The molecule has 0 bridgehead atoms. The van der Waals surface area contributed by atoms with E-state index in [1.165, 1.54) is 12.1 Å². The SMILES string of the molecule is O=C(C1CC1)N1CCCc2cc(NS(=O)(=O)c3ccc4c(c3)OCCO4)ccc21. The number of carbonyl (C=O) groups is 1. The third-order valence-corrected chi connectivity index (χ3v) is 6.85. The predicted octanol–water partition coefficient (Wildman–Crippen LogP) is 2.95. The van der Waals surface area contributed by atoms with Crippen LogP contribution >= 0.6 is 0 Å². The van der Waals surface area contributed by atoms with Crippen molar-refractivity contribution in [1.29, 1.82) is 0 Å². The van der Waals surface area contributed by atoms with Crippen molar-refractivity contribution >= 4 is 27.3 Å². The quantitative estimate of drug-likeness (QED) is 0.832. The molecule has 0 radical (unpaired) electrons. The molecule has 2 heterocycles. The average molecular weight is 414 g/mol.